The van der Waals surface area contributed by atoms with E-state index in [2.05, 4.69) is 22.3 Å². The van der Waals surface area contributed by atoms with Crippen molar-refractivity contribution in [2.24, 2.45) is 0 Å². The van der Waals surface area contributed by atoms with Gasteiger partial charge in [0.25, 0.3) is 0 Å². The molecule has 0 saturated heterocycles. The molecule has 23 heavy (non-hydrogen) atoms. The van der Waals surface area contributed by atoms with E-state index < -0.39 is 0 Å². The lowest BCUT2D eigenvalue weighted by Crippen LogP contribution is -2.24. The van der Waals surface area contributed by atoms with Crippen LogP contribution in [0, 0.1) is 0 Å². The van der Waals surface area contributed by atoms with Gasteiger partial charge in [-0.05, 0) is 42.9 Å². The standard InChI is InChI=1S/C18H20Cl2N2O/c1-22(2)12-15-5-3-4-14(8-15)11-21-18(23)10-13-6-7-16(19)17(20)9-13/h3-9H,10-12H2,1-2H3,(H,21,23). The van der Waals surface area contributed by atoms with Crippen molar-refractivity contribution in [2.75, 3.05) is 14.1 Å². The van der Waals surface area contributed by atoms with Gasteiger partial charge in [-0.2, -0.15) is 0 Å². The normalized spacial score (nSPS) is 10.8. The molecule has 0 atom stereocenters. The van der Waals surface area contributed by atoms with Crippen LogP contribution in [0.4, 0.5) is 0 Å². The molecule has 0 heterocycles. The second-order valence-corrected chi connectivity index (χ2v) is 6.57. The predicted molar refractivity (Wildman–Crippen MR) is 95.8 cm³/mol. The summed E-state index contributed by atoms with van der Waals surface area (Å²) in [7, 11) is 4.07. The zero-order valence-corrected chi connectivity index (χ0v) is 14.8. The van der Waals surface area contributed by atoms with Crippen molar-refractivity contribution in [1.29, 1.82) is 0 Å². The summed E-state index contributed by atoms with van der Waals surface area (Å²) >= 11 is 11.8. The zero-order valence-electron chi connectivity index (χ0n) is 13.3. The molecule has 1 amide bonds. The maximum atomic E-state index is 12.0. The van der Waals surface area contributed by atoms with Crippen molar-refractivity contribution in [1.82, 2.24) is 10.2 Å². The first-order chi connectivity index (χ1) is 10.9. The Morgan fingerprint density at radius 2 is 1.74 bits per heavy atom. The predicted octanol–water partition coefficient (Wildman–Crippen LogP) is 3.91. The van der Waals surface area contributed by atoms with Gasteiger partial charge >= 0.3 is 0 Å². The largest absolute Gasteiger partial charge is 0.352 e. The van der Waals surface area contributed by atoms with Gasteiger partial charge in [0.15, 0.2) is 0 Å². The van der Waals surface area contributed by atoms with E-state index in [4.69, 9.17) is 23.2 Å². The van der Waals surface area contributed by atoms with Crippen LogP contribution in [0.2, 0.25) is 10.0 Å². The summed E-state index contributed by atoms with van der Waals surface area (Å²) in [5, 5.41) is 3.89. The first kappa shape index (κ1) is 17.8. The topological polar surface area (TPSA) is 32.3 Å². The van der Waals surface area contributed by atoms with Crippen LogP contribution >= 0.6 is 23.2 Å². The minimum Gasteiger partial charge on any atom is -0.352 e. The smallest absolute Gasteiger partial charge is 0.224 e. The molecule has 2 rings (SSSR count). The molecule has 0 fully saturated rings. The molecule has 5 heteroatoms. The number of nitrogens with zero attached hydrogens (tertiary/aromatic N) is 1. The number of rotatable bonds is 6. The molecule has 122 valence electrons. The molecule has 0 aliphatic carbocycles. The van der Waals surface area contributed by atoms with Crippen LogP contribution in [-0.4, -0.2) is 24.9 Å². The van der Waals surface area contributed by atoms with Gasteiger partial charge in [0.05, 0.1) is 16.5 Å². The van der Waals surface area contributed by atoms with Gasteiger partial charge in [0.1, 0.15) is 0 Å². The fourth-order valence-electron chi connectivity index (χ4n) is 2.30. The Balaban J connectivity index is 1.90. The highest BCUT2D eigenvalue weighted by Crippen LogP contribution is 2.22. The summed E-state index contributed by atoms with van der Waals surface area (Å²) in [5.74, 6) is -0.0404. The Labute approximate surface area is 147 Å². The van der Waals surface area contributed by atoms with Crippen LogP contribution in [-0.2, 0) is 24.3 Å². The molecule has 0 aromatic heterocycles. The minimum atomic E-state index is -0.0404. The van der Waals surface area contributed by atoms with Crippen LogP contribution in [0.25, 0.3) is 0 Å². The number of carbonyl (C=O) groups excluding carboxylic acids is 1. The highest BCUT2D eigenvalue weighted by Gasteiger charge is 2.06. The van der Waals surface area contributed by atoms with E-state index >= 15 is 0 Å². The average molecular weight is 351 g/mol. The summed E-state index contributed by atoms with van der Waals surface area (Å²) in [6, 6.07) is 13.5. The number of halogens is 2. The number of nitrogens with one attached hydrogen (secondary N) is 1. The van der Waals surface area contributed by atoms with Gasteiger partial charge in [-0.1, -0.05) is 53.5 Å². The molecular formula is C18H20Cl2N2O. The summed E-state index contributed by atoms with van der Waals surface area (Å²) in [6.07, 6.45) is 0.286. The van der Waals surface area contributed by atoms with E-state index in [1.807, 2.05) is 32.3 Å². The summed E-state index contributed by atoms with van der Waals surface area (Å²) in [5.41, 5.74) is 3.16. The number of hydrogen-bond acceptors (Lipinski definition) is 2. The summed E-state index contributed by atoms with van der Waals surface area (Å²) in [4.78, 5) is 14.2. The van der Waals surface area contributed by atoms with Crippen LogP contribution in [0.15, 0.2) is 42.5 Å². The Hall–Kier alpha value is -1.55. The van der Waals surface area contributed by atoms with Crippen molar-refractivity contribution >= 4 is 29.1 Å². The molecule has 0 radical (unpaired) electrons. The van der Waals surface area contributed by atoms with Crippen molar-refractivity contribution in [3.63, 3.8) is 0 Å². The maximum absolute atomic E-state index is 12.0. The fourth-order valence-corrected chi connectivity index (χ4v) is 2.62. The lowest BCUT2D eigenvalue weighted by Gasteiger charge is -2.11. The molecule has 2 aromatic rings. The van der Waals surface area contributed by atoms with Gasteiger partial charge in [0, 0.05) is 13.1 Å². The van der Waals surface area contributed by atoms with Crippen LogP contribution < -0.4 is 5.32 Å². The van der Waals surface area contributed by atoms with Gasteiger partial charge in [-0.3, -0.25) is 4.79 Å². The van der Waals surface area contributed by atoms with E-state index in [9.17, 15) is 4.79 Å². The molecule has 0 aliphatic rings. The van der Waals surface area contributed by atoms with E-state index in [1.165, 1.54) is 5.56 Å². The number of benzene rings is 2. The number of hydrogen-bond donors (Lipinski definition) is 1. The van der Waals surface area contributed by atoms with Gasteiger partial charge < -0.3 is 10.2 Å². The van der Waals surface area contributed by atoms with Crippen LogP contribution in [0.1, 0.15) is 16.7 Å². The molecule has 3 nitrogen and oxygen atoms in total. The molecule has 0 unspecified atom stereocenters. The van der Waals surface area contributed by atoms with E-state index in [0.717, 1.165) is 17.7 Å². The van der Waals surface area contributed by atoms with Crippen LogP contribution in [0.3, 0.4) is 0 Å². The highest BCUT2D eigenvalue weighted by molar-refractivity contribution is 6.42. The molecule has 2 aromatic carbocycles. The summed E-state index contributed by atoms with van der Waals surface area (Å²) < 4.78 is 0. The second kappa shape index (κ2) is 8.34. The second-order valence-electron chi connectivity index (χ2n) is 5.76. The van der Waals surface area contributed by atoms with Gasteiger partial charge in [0.2, 0.25) is 5.91 Å². The van der Waals surface area contributed by atoms with Gasteiger partial charge in [-0.25, -0.2) is 0 Å². The lowest BCUT2D eigenvalue weighted by molar-refractivity contribution is -0.120. The molecular weight excluding hydrogens is 331 g/mol. The summed E-state index contributed by atoms with van der Waals surface area (Å²) in [6.45, 7) is 1.40. The molecule has 0 aliphatic heterocycles. The minimum absolute atomic E-state index is 0.0404. The number of carbonyl (C=O) groups is 1. The highest BCUT2D eigenvalue weighted by atomic mass is 35.5. The molecule has 1 N–H and O–H groups in total. The van der Waals surface area contributed by atoms with E-state index in [0.29, 0.717) is 16.6 Å². The zero-order chi connectivity index (χ0) is 16.8. The SMILES string of the molecule is CN(C)Cc1cccc(CNC(=O)Cc2ccc(Cl)c(Cl)c2)c1. The lowest BCUT2D eigenvalue weighted by atomic mass is 10.1. The molecule has 0 bridgehead atoms. The van der Waals surface area contributed by atoms with E-state index in [1.54, 1.807) is 12.1 Å². The first-order valence-corrected chi connectivity index (χ1v) is 8.13. The number of amides is 1. The Morgan fingerprint density at radius 1 is 1.00 bits per heavy atom. The molecule has 0 spiro atoms. The van der Waals surface area contributed by atoms with Gasteiger partial charge in [-0.15, -0.1) is 0 Å². The van der Waals surface area contributed by atoms with Crippen LogP contribution in [0.5, 0.6) is 0 Å². The Morgan fingerprint density at radius 3 is 2.43 bits per heavy atom. The average Bonchev–Trinajstić information content (AvgIpc) is 2.49. The maximum Gasteiger partial charge on any atom is 0.224 e. The quantitative estimate of drug-likeness (QED) is 0.856. The van der Waals surface area contributed by atoms with Crippen molar-refractivity contribution in [2.45, 2.75) is 19.5 Å². The third-order valence-electron chi connectivity index (χ3n) is 3.33. The Bertz CT molecular complexity index is 686. The van der Waals surface area contributed by atoms with E-state index in [-0.39, 0.29) is 12.3 Å². The molecule has 0 saturated carbocycles. The third kappa shape index (κ3) is 5.87. The van der Waals surface area contributed by atoms with Crippen molar-refractivity contribution in [3.05, 3.63) is 69.2 Å². The first-order valence-electron chi connectivity index (χ1n) is 7.37. The monoisotopic (exact) mass is 350 g/mol. The fraction of sp³-hybridized carbons (Fsp3) is 0.278. The Kier molecular flexibility index (Phi) is 6.46. The van der Waals surface area contributed by atoms with Crippen molar-refractivity contribution in [3.8, 4) is 0 Å². The van der Waals surface area contributed by atoms with Crippen molar-refractivity contribution < 1.29 is 4.79 Å². The third-order valence-corrected chi connectivity index (χ3v) is 4.07.